The number of nitrogens with one attached hydrogen (secondary N) is 2. The highest BCUT2D eigenvalue weighted by Gasteiger charge is 2.55. The molecule has 0 bridgehead atoms. The second kappa shape index (κ2) is 11.9. The fourth-order valence-electron chi connectivity index (χ4n) is 5.65. The Morgan fingerprint density at radius 2 is 1.98 bits per heavy atom. The number of hydrogen-bond acceptors (Lipinski definition) is 9. The number of piperazine rings is 1. The summed E-state index contributed by atoms with van der Waals surface area (Å²) in [7, 11) is 0. The molecule has 2 aromatic rings. The summed E-state index contributed by atoms with van der Waals surface area (Å²) in [5, 5.41) is 19.2. The van der Waals surface area contributed by atoms with E-state index in [9.17, 15) is 27.9 Å². The summed E-state index contributed by atoms with van der Waals surface area (Å²) in [4.78, 5) is 34.8. The smallest absolute Gasteiger partial charge is 0.402 e. The molecule has 5 rings (SSSR count). The van der Waals surface area contributed by atoms with Gasteiger partial charge in [0.05, 0.1) is 11.7 Å². The third-order valence-electron chi connectivity index (χ3n) is 7.69. The Hall–Kier alpha value is -3.93. The fourth-order valence-corrected chi connectivity index (χ4v) is 5.65. The van der Waals surface area contributed by atoms with Crippen molar-refractivity contribution in [2.75, 3.05) is 50.8 Å². The highest BCUT2D eigenvalue weighted by molar-refractivity contribution is 5.94. The van der Waals surface area contributed by atoms with Crippen molar-refractivity contribution in [2.24, 2.45) is 5.92 Å². The Kier molecular flexibility index (Phi) is 8.30. The van der Waals surface area contributed by atoms with Crippen LogP contribution in [0.25, 0.3) is 0 Å². The van der Waals surface area contributed by atoms with Gasteiger partial charge in [-0.15, -0.1) is 0 Å². The van der Waals surface area contributed by atoms with Gasteiger partial charge in [-0.05, 0) is 36.8 Å². The van der Waals surface area contributed by atoms with Crippen LogP contribution in [0.2, 0.25) is 0 Å². The SMILES string of the molecule is N#Cc1ccc(N2CCN(C(=O)c3cccc(OC[C@@H]4C[C@H](O)CN4C4CNNC(=O)C4C(F)(F)F)c3)CC2)nc1. The van der Waals surface area contributed by atoms with E-state index in [4.69, 9.17) is 10.00 Å². The Labute approximate surface area is 234 Å². The van der Waals surface area contributed by atoms with Crippen LogP contribution in [0.3, 0.4) is 0 Å². The summed E-state index contributed by atoms with van der Waals surface area (Å²) >= 11 is 0. The van der Waals surface area contributed by atoms with Crippen LogP contribution in [-0.4, -0.2) is 102 Å². The lowest BCUT2D eigenvalue weighted by molar-refractivity contribution is -0.201. The number of aromatic nitrogens is 1. The molecule has 3 aliphatic heterocycles. The minimum absolute atomic E-state index is 0.0112. The van der Waals surface area contributed by atoms with E-state index >= 15 is 0 Å². The minimum Gasteiger partial charge on any atom is -0.492 e. The maximum absolute atomic E-state index is 13.7. The first-order valence-electron chi connectivity index (χ1n) is 13.3. The Balaban J connectivity index is 1.20. The van der Waals surface area contributed by atoms with E-state index in [2.05, 4.69) is 15.8 Å². The molecule has 0 aliphatic carbocycles. The number of rotatable bonds is 6. The number of aliphatic hydroxyl groups excluding tert-OH is 1. The quantitative estimate of drug-likeness (QED) is 0.461. The molecule has 1 aromatic heterocycles. The molecule has 3 saturated heterocycles. The zero-order valence-corrected chi connectivity index (χ0v) is 22.0. The maximum atomic E-state index is 13.7. The van der Waals surface area contributed by atoms with Gasteiger partial charge < -0.3 is 19.6 Å². The van der Waals surface area contributed by atoms with E-state index in [1.807, 2.05) is 11.0 Å². The predicted octanol–water partition coefficient (Wildman–Crippen LogP) is 0.911. The van der Waals surface area contributed by atoms with Crippen molar-refractivity contribution in [3.8, 4) is 11.8 Å². The summed E-state index contributed by atoms with van der Waals surface area (Å²) in [6, 6.07) is 10.4. The number of amides is 2. The van der Waals surface area contributed by atoms with Gasteiger partial charge >= 0.3 is 6.18 Å². The van der Waals surface area contributed by atoms with Crippen LogP contribution in [-0.2, 0) is 4.79 Å². The molecule has 3 N–H and O–H groups in total. The normalized spacial score (nSPS) is 25.5. The highest BCUT2D eigenvalue weighted by atomic mass is 19.4. The number of benzene rings is 1. The van der Waals surface area contributed by atoms with Crippen LogP contribution >= 0.6 is 0 Å². The molecule has 0 saturated carbocycles. The second-order valence-corrected chi connectivity index (χ2v) is 10.3. The molecular formula is C27H30F3N7O4. The topological polar surface area (TPSA) is 134 Å². The van der Waals surface area contributed by atoms with Gasteiger partial charge in [-0.1, -0.05) is 6.07 Å². The molecule has 1 aromatic carbocycles. The van der Waals surface area contributed by atoms with Crippen molar-refractivity contribution < 1.29 is 32.6 Å². The molecule has 4 heterocycles. The number of likely N-dealkylation sites (tertiary alicyclic amines) is 1. The first-order valence-corrected chi connectivity index (χ1v) is 13.3. The minimum atomic E-state index is -4.74. The van der Waals surface area contributed by atoms with Crippen molar-refractivity contribution in [3.05, 3.63) is 53.7 Å². The molecular weight excluding hydrogens is 543 g/mol. The number of carbonyl (C=O) groups excluding carboxylic acids is 2. The Morgan fingerprint density at radius 3 is 2.66 bits per heavy atom. The number of halogens is 3. The van der Waals surface area contributed by atoms with E-state index in [1.54, 1.807) is 41.3 Å². The standard InChI is InChI=1S/C27H30F3N7O4/c28-27(29,30)24-22(14-33-34-25(24)39)37-15-20(38)11-19(37)16-41-21-3-1-2-18(10-21)26(40)36-8-6-35(7-9-36)23-5-4-17(12-31)13-32-23/h1-5,10,13,19-20,22,24,33,38H,6-9,11,14-16H2,(H,34,39)/t19-,20-,22?,24?/m0/s1. The monoisotopic (exact) mass is 573 g/mol. The predicted molar refractivity (Wildman–Crippen MR) is 140 cm³/mol. The van der Waals surface area contributed by atoms with E-state index in [0.717, 1.165) is 5.82 Å². The second-order valence-electron chi connectivity index (χ2n) is 10.3. The molecule has 2 unspecified atom stereocenters. The first kappa shape index (κ1) is 28.6. The molecule has 3 fully saturated rings. The average molecular weight is 574 g/mol. The van der Waals surface area contributed by atoms with Crippen molar-refractivity contribution in [1.82, 2.24) is 25.6 Å². The number of ether oxygens (including phenoxy) is 1. The summed E-state index contributed by atoms with van der Waals surface area (Å²) in [5.74, 6) is -2.44. The van der Waals surface area contributed by atoms with Crippen LogP contribution in [0, 0.1) is 17.2 Å². The first-order chi connectivity index (χ1) is 19.6. The molecule has 11 nitrogen and oxygen atoms in total. The summed E-state index contributed by atoms with van der Waals surface area (Å²) in [6.45, 7) is 1.95. The highest BCUT2D eigenvalue weighted by Crippen LogP contribution is 2.35. The van der Waals surface area contributed by atoms with Crippen LogP contribution in [0.15, 0.2) is 42.6 Å². The van der Waals surface area contributed by atoms with Crippen LogP contribution in [0.5, 0.6) is 5.75 Å². The summed E-state index contributed by atoms with van der Waals surface area (Å²) in [6.07, 6.45) is -3.89. The van der Waals surface area contributed by atoms with Gasteiger partial charge in [0.1, 0.15) is 24.2 Å². The maximum Gasteiger partial charge on any atom is 0.402 e. The number of anilines is 1. The van der Waals surface area contributed by atoms with Crippen molar-refractivity contribution in [2.45, 2.75) is 30.8 Å². The molecule has 0 radical (unpaired) electrons. The third-order valence-corrected chi connectivity index (χ3v) is 7.69. The van der Waals surface area contributed by atoms with Gasteiger partial charge in [0.25, 0.3) is 5.91 Å². The van der Waals surface area contributed by atoms with E-state index in [-0.39, 0.29) is 32.0 Å². The molecule has 2 amide bonds. The lowest BCUT2D eigenvalue weighted by atomic mass is 9.94. The number of β-amino-alcohol motifs (C(OH)–C–C–N with tert-alkyl or cyclic N) is 1. The van der Waals surface area contributed by atoms with Crippen LogP contribution in [0.1, 0.15) is 22.3 Å². The Morgan fingerprint density at radius 1 is 1.20 bits per heavy atom. The van der Waals surface area contributed by atoms with Gasteiger partial charge in [-0.3, -0.25) is 19.9 Å². The summed E-state index contributed by atoms with van der Waals surface area (Å²) in [5.41, 5.74) is 5.46. The number of alkyl halides is 3. The lowest BCUT2D eigenvalue weighted by Crippen LogP contribution is -2.65. The Bertz CT molecular complexity index is 1300. The number of pyridine rings is 1. The van der Waals surface area contributed by atoms with Gasteiger partial charge in [-0.25, -0.2) is 10.4 Å². The van der Waals surface area contributed by atoms with E-state index < -0.39 is 36.2 Å². The van der Waals surface area contributed by atoms with Gasteiger partial charge in [0.2, 0.25) is 5.91 Å². The number of nitrogens with zero attached hydrogens (tertiary/aromatic N) is 5. The number of aliphatic hydroxyl groups is 1. The fraction of sp³-hybridized carbons (Fsp3) is 0.481. The van der Waals surface area contributed by atoms with Crippen LogP contribution < -0.4 is 20.5 Å². The van der Waals surface area contributed by atoms with Gasteiger partial charge in [-0.2, -0.15) is 18.4 Å². The third kappa shape index (κ3) is 6.37. The lowest BCUT2D eigenvalue weighted by Gasteiger charge is -2.40. The number of carbonyl (C=O) groups is 2. The molecule has 4 atom stereocenters. The largest absolute Gasteiger partial charge is 0.492 e. The number of nitriles is 1. The van der Waals surface area contributed by atoms with Crippen molar-refractivity contribution in [3.63, 3.8) is 0 Å². The summed E-state index contributed by atoms with van der Waals surface area (Å²) < 4.78 is 47.1. The molecule has 218 valence electrons. The van der Waals surface area contributed by atoms with Crippen molar-refractivity contribution in [1.29, 1.82) is 5.26 Å². The van der Waals surface area contributed by atoms with E-state index in [1.165, 1.54) is 11.1 Å². The van der Waals surface area contributed by atoms with Crippen LogP contribution in [0.4, 0.5) is 19.0 Å². The number of hydrogen-bond donors (Lipinski definition) is 3. The zero-order chi connectivity index (χ0) is 29.1. The molecule has 14 heteroatoms. The van der Waals surface area contributed by atoms with E-state index in [0.29, 0.717) is 43.1 Å². The van der Waals surface area contributed by atoms with Gasteiger partial charge in [0, 0.05) is 63.1 Å². The average Bonchev–Trinajstić information content (AvgIpc) is 3.35. The molecule has 0 spiro atoms. The zero-order valence-electron chi connectivity index (χ0n) is 22.0. The number of hydrazine groups is 1. The van der Waals surface area contributed by atoms with Crippen molar-refractivity contribution >= 4 is 17.6 Å². The molecule has 3 aliphatic rings. The van der Waals surface area contributed by atoms with Gasteiger partial charge in [0.15, 0.2) is 5.92 Å². The molecule has 41 heavy (non-hydrogen) atoms.